The number of rotatable bonds is 5. The zero-order valence-electron chi connectivity index (χ0n) is 13.0. The lowest BCUT2D eigenvalue weighted by molar-refractivity contribution is 0.144. The van der Waals surface area contributed by atoms with Crippen LogP contribution in [-0.2, 0) is 0 Å². The number of aliphatic hydroxyl groups excluding tert-OH is 1. The highest BCUT2D eigenvalue weighted by atomic mass is 16.3. The van der Waals surface area contributed by atoms with Crippen LogP contribution in [0.5, 0.6) is 0 Å². The number of likely N-dealkylation sites (N-methyl/N-ethyl adjacent to an activating group) is 1. The summed E-state index contributed by atoms with van der Waals surface area (Å²) in [5, 5.41) is 16.6. The highest BCUT2D eigenvalue weighted by Gasteiger charge is 2.22. The van der Waals surface area contributed by atoms with Gasteiger partial charge in [0, 0.05) is 12.5 Å². The van der Waals surface area contributed by atoms with E-state index in [2.05, 4.69) is 35.7 Å². The van der Waals surface area contributed by atoms with Crippen LogP contribution in [0.3, 0.4) is 0 Å². The summed E-state index contributed by atoms with van der Waals surface area (Å²) in [5.41, 5.74) is 2.16. The molecule has 0 bridgehead atoms. The fourth-order valence-electron chi connectivity index (χ4n) is 3.18. The average molecular weight is 293 g/mol. The van der Waals surface area contributed by atoms with Gasteiger partial charge in [0.05, 0.1) is 6.10 Å². The van der Waals surface area contributed by atoms with Gasteiger partial charge in [-0.3, -0.25) is 0 Å². The second kappa shape index (κ2) is 6.91. The first-order valence-electron chi connectivity index (χ1n) is 7.97. The van der Waals surface area contributed by atoms with Crippen LogP contribution >= 0.6 is 0 Å². The number of aliphatic hydroxyl groups is 1. The van der Waals surface area contributed by atoms with Crippen molar-refractivity contribution in [2.24, 2.45) is 0 Å². The van der Waals surface area contributed by atoms with Gasteiger partial charge in [-0.15, -0.1) is 0 Å². The minimum absolute atomic E-state index is 0.0491. The molecule has 2 aromatic carbocycles. The molecule has 0 saturated heterocycles. The van der Waals surface area contributed by atoms with E-state index in [9.17, 15) is 5.11 Å². The van der Waals surface area contributed by atoms with E-state index in [-0.39, 0.29) is 5.92 Å². The molecular formula is C20H23NO. The molecule has 0 heterocycles. The van der Waals surface area contributed by atoms with Crippen LogP contribution in [0.15, 0.2) is 48.5 Å². The van der Waals surface area contributed by atoms with E-state index >= 15 is 0 Å². The Morgan fingerprint density at radius 2 is 1.68 bits per heavy atom. The van der Waals surface area contributed by atoms with Crippen LogP contribution in [-0.4, -0.2) is 18.7 Å². The van der Waals surface area contributed by atoms with Crippen molar-refractivity contribution in [2.75, 3.05) is 13.6 Å². The maximum absolute atomic E-state index is 10.8. The largest absolute Gasteiger partial charge is 0.388 e. The summed E-state index contributed by atoms with van der Waals surface area (Å²) in [5.74, 6) is 0.0491. The molecule has 2 nitrogen and oxygen atoms in total. The first-order chi connectivity index (χ1) is 10.8. The van der Waals surface area contributed by atoms with E-state index in [1.807, 2.05) is 37.4 Å². The maximum atomic E-state index is 10.8. The van der Waals surface area contributed by atoms with Crippen molar-refractivity contribution in [3.63, 3.8) is 0 Å². The molecule has 2 N–H and O–H groups in total. The highest BCUT2D eigenvalue weighted by molar-refractivity contribution is 5.40. The summed E-state index contributed by atoms with van der Waals surface area (Å²) in [6, 6.07) is 16.5. The van der Waals surface area contributed by atoms with Crippen LogP contribution in [0, 0.1) is 0 Å². The highest BCUT2D eigenvalue weighted by Crippen LogP contribution is 2.29. The van der Waals surface area contributed by atoms with Crippen LogP contribution in [0.25, 0.3) is 12.2 Å². The third kappa shape index (κ3) is 3.13. The van der Waals surface area contributed by atoms with E-state index < -0.39 is 6.10 Å². The van der Waals surface area contributed by atoms with Gasteiger partial charge in [0.15, 0.2) is 0 Å². The molecule has 0 aliphatic heterocycles. The predicted molar refractivity (Wildman–Crippen MR) is 91.9 cm³/mol. The standard InChI is InChI=1S/C20H23NO/c1-21-14-19(20(22)16-8-3-2-4-9-16)18-12-11-15-7-5-6-10-17(15)13-18/h2-4,7-13,19-22H,5-6,14H2,1H3. The van der Waals surface area contributed by atoms with E-state index in [0.717, 1.165) is 24.9 Å². The Labute approximate surface area is 131 Å². The Morgan fingerprint density at radius 3 is 2.41 bits per heavy atom. The monoisotopic (exact) mass is 293 g/mol. The molecule has 0 spiro atoms. The van der Waals surface area contributed by atoms with Gasteiger partial charge in [-0.05, 0) is 41.5 Å². The van der Waals surface area contributed by atoms with E-state index in [1.165, 1.54) is 16.0 Å². The molecule has 2 unspecified atom stereocenters. The maximum Gasteiger partial charge on any atom is 0.0870 e. The minimum atomic E-state index is -0.501. The van der Waals surface area contributed by atoms with Gasteiger partial charge in [0.2, 0.25) is 0 Å². The summed E-state index contributed by atoms with van der Waals surface area (Å²) >= 11 is 0. The summed E-state index contributed by atoms with van der Waals surface area (Å²) in [4.78, 5) is 0. The average Bonchev–Trinajstić information content (AvgIpc) is 2.59. The first kappa shape index (κ1) is 15.0. The van der Waals surface area contributed by atoms with Crippen LogP contribution < -0.4 is 15.8 Å². The zero-order valence-corrected chi connectivity index (χ0v) is 13.0. The molecule has 3 rings (SSSR count). The Morgan fingerprint density at radius 1 is 0.955 bits per heavy atom. The Kier molecular flexibility index (Phi) is 4.71. The molecule has 0 saturated carbocycles. The lowest BCUT2D eigenvalue weighted by atomic mass is 9.88. The first-order valence-corrected chi connectivity index (χ1v) is 7.97. The smallest absolute Gasteiger partial charge is 0.0870 e. The third-order valence-electron chi connectivity index (χ3n) is 4.38. The van der Waals surface area contributed by atoms with Crippen molar-refractivity contribution >= 4 is 12.2 Å². The molecule has 114 valence electrons. The number of hydrogen-bond acceptors (Lipinski definition) is 2. The SMILES string of the molecule is CNCC(c1ccc2c(c1)=CCCC=2)C(O)c1ccccc1. The normalized spacial score (nSPS) is 16.1. The molecule has 0 radical (unpaired) electrons. The molecule has 1 aliphatic rings. The van der Waals surface area contributed by atoms with Crippen LogP contribution in [0.1, 0.15) is 36.0 Å². The van der Waals surface area contributed by atoms with Crippen molar-refractivity contribution < 1.29 is 5.11 Å². The van der Waals surface area contributed by atoms with Gasteiger partial charge in [-0.1, -0.05) is 60.7 Å². The molecule has 0 aromatic heterocycles. The number of nitrogens with one attached hydrogen (secondary N) is 1. The second-order valence-electron chi connectivity index (χ2n) is 5.89. The lowest BCUT2D eigenvalue weighted by Gasteiger charge is -2.24. The van der Waals surface area contributed by atoms with Crippen molar-refractivity contribution in [3.05, 3.63) is 70.1 Å². The minimum Gasteiger partial charge on any atom is -0.388 e. The lowest BCUT2D eigenvalue weighted by Crippen LogP contribution is -2.30. The topological polar surface area (TPSA) is 32.3 Å². The van der Waals surface area contributed by atoms with E-state index in [1.54, 1.807) is 0 Å². The van der Waals surface area contributed by atoms with Crippen molar-refractivity contribution in [3.8, 4) is 0 Å². The molecule has 2 heteroatoms. The van der Waals surface area contributed by atoms with Gasteiger partial charge in [-0.2, -0.15) is 0 Å². The van der Waals surface area contributed by atoms with Crippen molar-refractivity contribution in [1.29, 1.82) is 0 Å². The summed E-state index contributed by atoms with van der Waals surface area (Å²) in [7, 11) is 1.93. The second-order valence-corrected chi connectivity index (χ2v) is 5.89. The molecule has 0 fully saturated rings. The Bertz CT molecular complexity index is 736. The number of fused-ring (bicyclic) bond motifs is 1. The van der Waals surface area contributed by atoms with Gasteiger partial charge in [0.1, 0.15) is 0 Å². The molecule has 0 amide bonds. The third-order valence-corrected chi connectivity index (χ3v) is 4.38. The van der Waals surface area contributed by atoms with Crippen molar-refractivity contribution in [2.45, 2.75) is 24.9 Å². The summed E-state index contributed by atoms with van der Waals surface area (Å²) < 4.78 is 0. The van der Waals surface area contributed by atoms with Gasteiger partial charge < -0.3 is 10.4 Å². The summed E-state index contributed by atoms with van der Waals surface area (Å²) in [6.07, 6.45) is 6.32. The molecule has 2 aromatic rings. The fourth-order valence-corrected chi connectivity index (χ4v) is 3.18. The van der Waals surface area contributed by atoms with Crippen LogP contribution in [0.2, 0.25) is 0 Å². The Balaban J connectivity index is 1.98. The quantitative estimate of drug-likeness (QED) is 0.884. The van der Waals surface area contributed by atoms with E-state index in [0.29, 0.717) is 0 Å². The molecule has 1 aliphatic carbocycles. The molecule has 2 atom stereocenters. The van der Waals surface area contributed by atoms with E-state index in [4.69, 9.17) is 0 Å². The Hall–Kier alpha value is -1.90. The molecule has 22 heavy (non-hydrogen) atoms. The van der Waals surface area contributed by atoms with Gasteiger partial charge in [0.25, 0.3) is 0 Å². The van der Waals surface area contributed by atoms with Gasteiger partial charge >= 0.3 is 0 Å². The van der Waals surface area contributed by atoms with Crippen LogP contribution in [0.4, 0.5) is 0 Å². The van der Waals surface area contributed by atoms with Crippen molar-refractivity contribution in [1.82, 2.24) is 5.32 Å². The van der Waals surface area contributed by atoms with Gasteiger partial charge in [-0.25, -0.2) is 0 Å². The number of hydrogen-bond donors (Lipinski definition) is 2. The fraction of sp³-hybridized carbons (Fsp3) is 0.300. The predicted octanol–water partition coefficient (Wildman–Crippen LogP) is 2.08. The molecular weight excluding hydrogens is 270 g/mol. The zero-order chi connectivity index (χ0) is 15.4. The number of benzene rings is 2. The summed E-state index contributed by atoms with van der Waals surface area (Å²) in [6.45, 7) is 0.749.